The van der Waals surface area contributed by atoms with Crippen LogP contribution in [0.4, 0.5) is 4.79 Å². The lowest BCUT2D eigenvalue weighted by Crippen LogP contribution is -2.32. The molecule has 0 spiro atoms. The number of carbonyl (C=O) groups excluding carboxylic acids is 2. The van der Waals surface area contributed by atoms with E-state index in [1.807, 2.05) is 71.0 Å². The molecule has 0 unspecified atom stereocenters. The lowest BCUT2D eigenvalue weighted by atomic mass is 10.00. The van der Waals surface area contributed by atoms with Crippen molar-refractivity contribution in [2.75, 3.05) is 6.54 Å². The third-order valence-corrected chi connectivity index (χ3v) is 2.79. The molecule has 0 aliphatic heterocycles. The number of amides is 1. The van der Waals surface area contributed by atoms with Crippen molar-refractivity contribution in [2.45, 2.75) is 40.2 Å². The molecule has 1 N–H and O–H groups in total. The van der Waals surface area contributed by atoms with Crippen molar-refractivity contribution in [2.24, 2.45) is 5.92 Å². The number of hydrogen-bond donors (Lipinski definition) is 1. The molecule has 0 aliphatic carbocycles. The fraction of sp³-hybridized carbons (Fsp3) is 0.444. The van der Waals surface area contributed by atoms with Crippen LogP contribution >= 0.6 is 0 Å². The molecule has 1 aromatic carbocycles. The van der Waals surface area contributed by atoms with Gasteiger partial charge in [-0.25, -0.2) is 4.79 Å². The van der Waals surface area contributed by atoms with Gasteiger partial charge in [0.05, 0.1) is 0 Å². The summed E-state index contributed by atoms with van der Waals surface area (Å²) in [5.74, 6) is 0.140. The second kappa shape index (κ2) is 7.78. The highest BCUT2D eigenvalue weighted by Gasteiger charge is 2.15. The predicted molar refractivity (Wildman–Crippen MR) is 88.9 cm³/mol. The molecule has 0 saturated carbocycles. The first kappa shape index (κ1) is 18.0. The van der Waals surface area contributed by atoms with Gasteiger partial charge in [-0.3, -0.25) is 4.79 Å². The van der Waals surface area contributed by atoms with E-state index < -0.39 is 11.7 Å². The second-order valence-electron chi connectivity index (χ2n) is 6.43. The van der Waals surface area contributed by atoms with Crippen molar-refractivity contribution in [3.8, 4) is 0 Å². The van der Waals surface area contributed by atoms with Crippen LogP contribution in [0.5, 0.6) is 0 Å². The molecule has 1 aromatic rings. The Balaban J connectivity index is 2.47. The van der Waals surface area contributed by atoms with Gasteiger partial charge in [0.2, 0.25) is 0 Å². The number of ketones is 1. The van der Waals surface area contributed by atoms with Gasteiger partial charge in [-0.1, -0.05) is 50.3 Å². The SMILES string of the molecule is CC(C)C(=O)c1ccc(C=CCNC(=O)OC(C)(C)C)cc1. The Labute approximate surface area is 132 Å². The molecule has 1 amide bonds. The number of Topliss-reactive ketones (excluding diaryl/α,β-unsaturated/α-hetero) is 1. The highest BCUT2D eigenvalue weighted by Crippen LogP contribution is 2.11. The first-order valence-corrected chi connectivity index (χ1v) is 7.47. The van der Waals surface area contributed by atoms with Crippen LogP contribution in [0.1, 0.15) is 50.5 Å². The van der Waals surface area contributed by atoms with Crippen molar-refractivity contribution in [1.29, 1.82) is 0 Å². The lowest BCUT2D eigenvalue weighted by Gasteiger charge is -2.19. The Hall–Kier alpha value is -2.10. The van der Waals surface area contributed by atoms with Crippen molar-refractivity contribution in [3.05, 3.63) is 41.5 Å². The number of hydrogen-bond acceptors (Lipinski definition) is 3. The molecule has 0 heterocycles. The number of alkyl carbamates (subject to hydrolysis) is 1. The molecule has 0 atom stereocenters. The summed E-state index contributed by atoms with van der Waals surface area (Å²) in [4.78, 5) is 23.3. The summed E-state index contributed by atoms with van der Waals surface area (Å²) in [5, 5.41) is 2.65. The van der Waals surface area contributed by atoms with Crippen molar-refractivity contribution in [3.63, 3.8) is 0 Å². The van der Waals surface area contributed by atoms with Crippen LogP contribution in [0.2, 0.25) is 0 Å². The second-order valence-corrected chi connectivity index (χ2v) is 6.43. The Morgan fingerprint density at radius 2 is 1.77 bits per heavy atom. The number of benzene rings is 1. The van der Waals surface area contributed by atoms with E-state index in [4.69, 9.17) is 4.74 Å². The Kier molecular flexibility index (Phi) is 6.35. The van der Waals surface area contributed by atoms with Crippen LogP contribution in [-0.4, -0.2) is 24.0 Å². The van der Waals surface area contributed by atoms with Crippen LogP contribution in [0.3, 0.4) is 0 Å². The minimum absolute atomic E-state index is 0.000536. The van der Waals surface area contributed by atoms with Crippen LogP contribution in [0.15, 0.2) is 30.3 Å². The molecule has 4 nitrogen and oxygen atoms in total. The standard InChI is InChI=1S/C18H25NO3/c1-13(2)16(20)15-10-8-14(9-11-15)7-6-12-19-17(21)22-18(3,4)5/h6-11,13H,12H2,1-5H3,(H,19,21). The number of ether oxygens (including phenoxy) is 1. The zero-order valence-corrected chi connectivity index (χ0v) is 14.0. The number of rotatable bonds is 5. The van der Waals surface area contributed by atoms with E-state index in [2.05, 4.69) is 5.32 Å². The van der Waals surface area contributed by atoms with Gasteiger partial charge in [-0.15, -0.1) is 0 Å². The molecular weight excluding hydrogens is 278 g/mol. The Bertz CT molecular complexity index is 536. The summed E-state index contributed by atoms with van der Waals surface area (Å²) in [5.41, 5.74) is 1.21. The fourth-order valence-electron chi connectivity index (χ4n) is 1.74. The summed E-state index contributed by atoms with van der Waals surface area (Å²) >= 11 is 0. The third-order valence-electron chi connectivity index (χ3n) is 2.79. The molecule has 0 saturated heterocycles. The first-order valence-electron chi connectivity index (χ1n) is 7.47. The highest BCUT2D eigenvalue weighted by atomic mass is 16.6. The van der Waals surface area contributed by atoms with Crippen molar-refractivity contribution >= 4 is 18.0 Å². The van der Waals surface area contributed by atoms with Crippen LogP contribution < -0.4 is 5.32 Å². The maximum absolute atomic E-state index is 11.8. The minimum Gasteiger partial charge on any atom is -0.444 e. The fourth-order valence-corrected chi connectivity index (χ4v) is 1.74. The predicted octanol–water partition coefficient (Wildman–Crippen LogP) is 4.06. The number of nitrogens with one attached hydrogen (secondary N) is 1. The van der Waals surface area contributed by atoms with E-state index in [0.29, 0.717) is 6.54 Å². The van der Waals surface area contributed by atoms with Crippen LogP contribution in [0.25, 0.3) is 6.08 Å². The largest absolute Gasteiger partial charge is 0.444 e. The molecule has 120 valence electrons. The molecule has 4 heteroatoms. The molecule has 0 aromatic heterocycles. The van der Waals surface area contributed by atoms with Crippen LogP contribution in [-0.2, 0) is 4.74 Å². The summed E-state index contributed by atoms with van der Waals surface area (Å²) in [7, 11) is 0. The molecule has 22 heavy (non-hydrogen) atoms. The van der Waals surface area contributed by atoms with Crippen molar-refractivity contribution < 1.29 is 14.3 Å². The molecule has 0 radical (unpaired) electrons. The third kappa shape index (κ3) is 6.57. The average molecular weight is 303 g/mol. The van der Waals surface area contributed by atoms with Crippen LogP contribution in [0, 0.1) is 5.92 Å². The molecule has 0 bridgehead atoms. The van der Waals surface area contributed by atoms with E-state index in [1.165, 1.54) is 0 Å². The van der Waals surface area contributed by atoms with Gasteiger partial charge in [-0.2, -0.15) is 0 Å². The van der Waals surface area contributed by atoms with Gasteiger partial charge < -0.3 is 10.1 Å². The number of carbonyl (C=O) groups is 2. The van der Waals surface area contributed by atoms with E-state index in [0.717, 1.165) is 11.1 Å². The summed E-state index contributed by atoms with van der Waals surface area (Å²) in [6.07, 6.45) is 3.29. The first-order chi connectivity index (χ1) is 10.2. The highest BCUT2D eigenvalue weighted by molar-refractivity contribution is 5.97. The van der Waals surface area contributed by atoms with Gasteiger partial charge in [-0.05, 0) is 26.3 Å². The smallest absolute Gasteiger partial charge is 0.407 e. The molecule has 0 aliphatic rings. The Morgan fingerprint density at radius 1 is 1.18 bits per heavy atom. The van der Waals surface area contributed by atoms with Crippen molar-refractivity contribution in [1.82, 2.24) is 5.32 Å². The van der Waals surface area contributed by atoms with Gasteiger partial charge >= 0.3 is 6.09 Å². The quantitative estimate of drug-likeness (QED) is 0.834. The van der Waals surface area contributed by atoms with Gasteiger partial charge in [0.25, 0.3) is 0 Å². The summed E-state index contributed by atoms with van der Waals surface area (Å²) < 4.78 is 5.13. The molecular formula is C18H25NO3. The van der Waals surface area contributed by atoms with E-state index >= 15 is 0 Å². The summed E-state index contributed by atoms with van der Waals surface area (Å²) in [6.45, 7) is 9.63. The van der Waals surface area contributed by atoms with Gasteiger partial charge in [0, 0.05) is 18.0 Å². The monoisotopic (exact) mass is 303 g/mol. The zero-order valence-electron chi connectivity index (χ0n) is 14.0. The minimum atomic E-state index is -0.493. The van der Waals surface area contributed by atoms with E-state index in [-0.39, 0.29) is 11.7 Å². The van der Waals surface area contributed by atoms with Gasteiger partial charge in [0.1, 0.15) is 5.60 Å². The Morgan fingerprint density at radius 3 is 2.27 bits per heavy atom. The average Bonchev–Trinajstić information content (AvgIpc) is 2.41. The topological polar surface area (TPSA) is 55.4 Å². The maximum Gasteiger partial charge on any atom is 0.407 e. The molecule has 1 rings (SSSR count). The molecule has 0 fully saturated rings. The van der Waals surface area contributed by atoms with E-state index in [1.54, 1.807) is 0 Å². The zero-order chi connectivity index (χ0) is 16.8. The summed E-state index contributed by atoms with van der Waals surface area (Å²) in [6, 6.07) is 7.42. The normalized spacial score (nSPS) is 11.7. The van der Waals surface area contributed by atoms with Gasteiger partial charge in [0.15, 0.2) is 5.78 Å². The maximum atomic E-state index is 11.8. The van der Waals surface area contributed by atoms with E-state index in [9.17, 15) is 9.59 Å². The lowest BCUT2D eigenvalue weighted by molar-refractivity contribution is 0.0534.